The second-order valence-electron chi connectivity index (χ2n) is 12.9. The van der Waals surface area contributed by atoms with Crippen LogP contribution in [0.1, 0.15) is 134 Å². The fraction of sp³-hybridized carbons (Fsp3) is 0.788. The predicted octanol–water partition coefficient (Wildman–Crippen LogP) is 9.62. The van der Waals surface area contributed by atoms with Gasteiger partial charge >= 0.3 is 5.97 Å². The molecule has 1 N–H and O–H groups in total. The molecule has 0 aliphatic heterocycles. The molecule has 4 rings (SSSR count). The Morgan fingerprint density at radius 1 is 0.757 bits per heavy atom. The SMILES string of the molecule is CCCC1CCC(CCc2ccc(C3(C(=O)O)CCC(C4CCC(CCC)CC4)CC3)c(F)c2F)CC1. The Morgan fingerprint density at radius 2 is 1.24 bits per heavy atom. The maximum absolute atomic E-state index is 15.5. The third-order valence-corrected chi connectivity index (χ3v) is 10.7. The van der Waals surface area contributed by atoms with E-state index in [0.717, 1.165) is 31.1 Å². The van der Waals surface area contributed by atoms with E-state index in [2.05, 4.69) is 13.8 Å². The zero-order valence-electron chi connectivity index (χ0n) is 23.4. The van der Waals surface area contributed by atoms with E-state index in [1.54, 1.807) is 12.1 Å². The average molecular weight is 517 g/mol. The Balaban J connectivity index is 1.37. The highest BCUT2D eigenvalue weighted by molar-refractivity contribution is 5.81. The number of benzene rings is 1. The number of halogens is 2. The molecule has 0 bridgehead atoms. The quantitative estimate of drug-likeness (QED) is 0.336. The first-order valence-corrected chi connectivity index (χ1v) is 15.6. The fourth-order valence-electron chi connectivity index (χ4n) is 8.29. The van der Waals surface area contributed by atoms with Crippen molar-refractivity contribution in [2.75, 3.05) is 0 Å². The van der Waals surface area contributed by atoms with E-state index in [9.17, 15) is 9.90 Å². The summed E-state index contributed by atoms with van der Waals surface area (Å²) in [5.41, 5.74) is -0.807. The summed E-state index contributed by atoms with van der Waals surface area (Å²) in [6, 6.07) is 3.29. The number of carboxylic acids is 1. The molecule has 208 valence electrons. The van der Waals surface area contributed by atoms with E-state index >= 15 is 8.78 Å². The number of aliphatic carboxylic acids is 1. The summed E-state index contributed by atoms with van der Waals surface area (Å²) < 4.78 is 30.7. The molecule has 0 aromatic heterocycles. The molecule has 0 radical (unpaired) electrons. The van der Waals surface area contributed by atoms with Crippen molar-refractivity contribution < 1.29 is 18.7 Å². The summed E-state index contributed by atoms with van der Waals surface area (Å²) in [5.74, 6) is 0.762. The lowest BCUT2D eigenvalue weighted by Crippen LogP contribution is -2.42. The molecule has 0 heterocycles. The third kappa shape index (κ3) is 6.59. The van der Waals surface area contributed by atoms with E-state index in [1.165, 1.54) is 77.0 Å². The van der Waals surface area contributed by atoms with Crippen molar-refractivity contribution in [3.8, 4) is 0 Å². The minimum absolute atomic E-state index is 0.0754. The Hall–Kier alpha value is -1.45. The molecule has 2 nitrogen and oxygen atoms in total. The fourth-order valence-corrected chi connectivity index (χ4v) is 8.29. The molecule has 3 aliphatic carbocycles. The molecular formula is C33H50F2O2. The van der Waals surface area contributed by atoms with Gasteiger partial charge in [0.1, 0.15) is 0 Å². The molecule has 37 heavy (non-hydrogen) atoms. The molecule has 1 aromatic rings. The minimum Gasteiger partial charge on any atom is -0.481 e. The third-order valence-electron chi connectivity index (χ3n) is 10.7. The van der Waals surface area contributed by atoms with Gasteiger partial charge in [-0.1, -0.05) is 90.2 Å². The zero-order chi connectivity index (χ0) is 26.4. The van der Waals surface area contributed by atoms with Crippen molar-refractivity contribution in [1.29, 1.82) is 0 Å². The number of hydrogen-bond acceptors (Lipinski definition) is 1. The number of carboxylic acid groups (broad SMARTS) is 1. The summed E-state index contributed by atoms with van der Waals surface area (Å²) in [7, 11) is 0. The first-order valence-electron chi connectivity index (χ1n) is 15.6. The van der Waals surface area contributed by atoms with Crippen LogP contribution < -0.4 is 0 Å². The number of aryl methyl sites for hydroxylation is 1. The van der Waals surface area contributed by atoms with Crippen molar-refractivity contribution in [2.24, 2.45) is 29.6 Å². The maximum Gasteiger partial charge on any atom is 0.314 e. The molecule has 3 aliphatic rings. The average Bonchev–Trinajstić information content (AvgIpc) is 2.91. The van der Waals surface area contributed by atoms with Gasteiger partial charge in [-0.05, 0) is 86.5 Å². The Kier molecular flexibility index (Phi) is 10.1. The molecule has 1 aromatic carbocycles. The molecular weight excluding hydrogens is 466 g/mol. The van der Waals surface area contributed by atoms with Crippen molar-refractivity contribution in [1.82, 2.24) is 0 Å². The largest absolute Gasteiger partial charge is 0.481 e. The van der Waals surface area contributed by atoms with Crippen LogP contribution in [-0.2, 0) is 16.6 Å². The Labute approximate surface area is 224 Å². The Morgan fingerprint density at radius 3 is 1.76 bits per heavy atom. The van der Waals surface area contributed by atoms with Crippen LogP contribution in [-0.4, -0.2) is 11.1 Å². The van der Waals surface area contributed by atoms with Gasteiger partial charge in [0, 0.05) is 5.56 Å². The van der Waals surface area contributed by atoms with Gasteiger partial charge < -0.3 is 5.11 Å². The van der Waals surface area contributed by atoms with Crippen LogP contribution in [0.2, 0.25) is 0 Å². The standard InChI is InChI=1S/C33H50F2O2/c1-3-5-23-7-9-25(10-8-23)13-16-28-17-18-29(31(35)30(28)34)33(32(36)37)21-19-27(20-22-33)26-14-11-24(6-4-2)12-15-26/h17-18,23-27H,3-16,19-22H2,1-2H3,(H,36,37). The molecule has 3 fully saturated rings. The van der Waals surface area contributed by atoms with Gasteiger partial charge in [0.25, 0.3) is 0 Å². The second kappa shape index (κ2) is 13.1. The van der Waals surface area contributed by atoms with E-state index < -0.39 is 23.0 Å². The van der Waals surface area contributed by atoms with Crippen molar-refractivity contribution in [2.45, 2.75) is 135 Å². The molecule has 0 atom stereocenters. The molecule has 0 amide bonds. The summed E-state index contributed by atoms with van der Waals surface area (Å²) in [6.45, 7) is 4.50. The molecule has 4 heteroatoms. The summed E-state index contributed by atoms with van der Waals surface area (Å²) in [6.07, 6.45) is 19.0. The first-order chi connectivity index (χ1) is 17.9. The van der Waals surface area contributed by atoms with E-state index in [0.29, 0.717) is 42.6 Å². The first kappa shape index (κ1) is 28.6. The lowest BCUT2D eigenvalue weighted by Gasteiger charge is -2.42. The molecule has 3 saturated carbocycles. The number of rotatable bonds is 10. The molecule has 0 saturated heterocycles. The van der Waals surface area contributed by atoms with E-state index in [4.69, 9.17) is 0 Å². The van der Waals surface area contributed by atoms with Crippen LogP contribution in [0.3, 0.4) is 0 Å². The minimum atomic E-state index is -1.29. The van der Waals surface area contributed by atoms with Gasteiger partial charge in [-0.2, -0.15) is 0 Å². The predicted molar refractivity (Wildman–Crippen MR) is 147 cm³/mol. The smallest absolute Gasteiger partial charge is 0.314 e. The van der Waals surface area contributed by atoms with Gasteiger partial charge in [-0.15, -0.1) is 0 Å². The van der Waals surface area contributed by atoms with Gasteiger partial charge in [-0.25, -0.2) is 8.78 Å². The van der Waals surface area contributed by atoms with Gasteiger partial charge in [0.05, 0.1) is 5.41 Å². The molecule has 0 spiro atoms. The van der Waals surface area contributed by atoms with E-state index in [-0.39, 0.29) is 5.56 Å². The lowest BCUT2D eigenvalue weighted by atomic mass is 9.62. The second-order valence-corrected chi connectivity index (χ2v) is 12.9. The van der Waals surface area contributed by atoms with Crippen LogP contribution in [0, 0.1) is 41.2 Å². The lowest BCUT2D eigenvalue weighted by molar-refractivity contribution is -0.146. The van der Waals surface area contributed by atoms with Gasteiger partial charge in [-0.3, -0.25) is 4.79 Å². The van der Waals surface area contributed by atoms with Crippen molar-refractivity contribution in [3.05, 3.63) is 34.9 Å². The number of carbonyl (C=O) groups is 1. The normalized spacial score (nSPS) is 32.8. The van der Waals surface area contributed by atoms with Crippen LogP contribution in [0.15, 0.2) is 12.1 Å². The highest BCUT2D eigenvalue weighted by Gasteiger charge is 2.47. The van der Waals surface area contributed by atoms with Gasteiger partial charge in [0.2, 0.25) is 0 Å². The van der Waals surface area contributed by atoms with Crippen LogP contribution >= 0.6 is 0 Å². The summed E-state index contributed by atoms with van der Waals surface area (Å²) in [5, 5.41) is 10.3. The molecule has 0 unspecified atom stereocenters. The summed E-state index contributed by atoms with van der Waals surface area (Å²) in [4.78, 5) is 12.5. The zero-order valence-corrected chi connectivity index (χ0v) is 23.4. The van der Waals surface area contributed by atoms with Gasteiger partial charge in [0.15, 0.2) is 11.6 Å². The highest BCUT2D eigenvalue weighted by atomic mass is 19.2. The van der Waals surface area contributed by atoms with Crippen LogP contribution in [0.5, 0.6) is 0 Å². The Bertz CT molecular complexity index is 873. The highest BCUT2D eigenvalue weighted by Crippen LogP contribution is 2.48. The van der Waals surface area contributed by atoms with Crippen LogP contribution in [0.25, 0.3) is 0 Å². The monoisotopic (exact) mass is 516 g/mol. The van der Waals surface area contributed by atoms with E-state index in [1.807, 2.05) is 0 Å². The summed E-state index contributed by atoms with van der Waals surface area (Å²) >= 11 is 0. The van der Waals surface area contributed by atoms with Crippen LogP contribution in [0.4, 0.5) is 8.78 Å². The van der Waals surface area contributed by atoms with Crippen molar-refractivity contribution in [3.63, 3.8) is 0 Å². The number of hydrogen-bond donors (Lipinski definition) is 1. The van der Waals surface area contributed by atoms with Crippen molar-refractivity contribution >= 4 is 5.97 Å². The maximum atomic E-state index is 15.5. The topological polar surface area (TPSA) is 37.3 Å².